The van der Waals surface area contributed by atoms with Crippen LogP contribution in [0.2, 0.25) is 0 Å². The van der Waals surface area contributed by atoms with E-state index in [9.17, 15) is 0 Å². The van der Waals surface area contributed by atoms with Crippen LogP contribution >= 0.6 is 11.8 Å². The van der Waals surface area contributed by atoms with E-state index in [1.807, 2.05) is 0 Å². The summed E-state index contributed by atoms with van der Waals surface area (Å²) in [5.41, 5.74) is 0. The Morgan fingerprint density at radius 2 is 2.06 bits per heavy atom. The molecule has 2 heterocycles. The topological polar surface area (TPSA) is 18.5 Å². The van der Waals surface area contributed by atoms with Crippen LogP contribution in [0.1, 0.15) is 19.8 Å². The van der Waals surface area contributed by atoms with Crippen LogP contribution < -0.4 is 5.32 Å². The fourth-order valence-corrected chi connectivity index (χ4v) is 4.03. The molecule has 1 N–H and O–H groups in total. The molecule has 2 saturated heterocycles. The number of likely N-dealkylation sites (tertiary alicyclic amines) is 1. The maximum absolute atomic E-state index is 3.75. The van der Waals surface area contributed by atoms with Gasteiger partial charge >= 0.3 is 0 Å². The van der Waals surface area contributed by atoms with E-state index in [0.717, 1.165) is 12.5 Å². The second kappa shape index (κ2) is 7.73. The normalized spacial score (nSPS) is 29.3. The molecule has 18 heavy (non-hydrogen) atoms. The zero-order valence-electron chi connectivity index (χ0n) is 12.0. The SMILES string of the molecule is CC(NCCN1CCSCC1)C1CCCN(C)C1. The molecule has 3 nitrogen and oxygen atoms in total. The molecule has 2 rings (SSSR count). The molecular formula is C14H29N3S. The lowest BCUT2D eigenvalue weighted by Crippen LogP contribution is -2.45. The number of rotatable bonds is 5. The van der Waals surface area contributed by atoms with Gasteiger partial charge in [-0.3, -0.25) is 0 Å². The second-order valence-electron chi connectivity index (χ2n) is 5.86. The minimum absolute atomic E-state index is 0.673. The van der Waals surface area contributed by atoms with E-state index in [-0.39, 0.29) is 0 Å². The van der Waals surface area contributed by atoms with E-state index in [2.05, 4.69) is 40.8 Å². The molecule has 2 fully saturated rings. The molecule has 0 saturated carbocycles. The van der Waals surface area contributed by atoms with E-state index >= 15 is 0 Å². The summed E-state index contributed by atoms with van der Waals surface area (Å²) in [6, 6.07) is 0.673. The summed E-state index contributed by atoms with van der Waals surface area (Å²) in [4.78, 5) is 5.08. The van der Waals surface area contributed by atoms with E-state index < -0.39 is 0 Å². The first-order chi connectivity index (χ1) is 8.75. The van der Waals surface area contributed by atoms with Crippen LogP contribution in [0.3, 0.4) is 0 Å². The van der Waals surface area contributed by atoms with Crippen LogP contribution in [0.5, 0.6) is 0 Å². The van der Waals surface area contributed by atoms with Gasteiger partial charge in [0, 0.05) is 50.3 Å². The largest absolute Gasteiger partial charge is 0.313 e. The minimum Gasteiger partial charge on any atom is -0.313 e. The molecule has 4 heteroatoms. The molecule has 106 valence electrons. The average molecular weight is 271 g/mol. The van der Waals surface area contributed by atoms with Crippen molar-refractivity contribution in [2.24, 2.45) is 5.92 Å². The lowest BCUT2D eigenvalue weighted by atomic mass is 9.92. The Bertz CT molecular complexity index is 231. The van der Waals surface area contributed by atoms with Crippen LogP contribution in [0.4, 0.5) is 0 Å². The molecule has 0 aromatic rings. The number of hydrogen-bond acceptors (Lipinski definition) is 4. The maximum Gasteiger partial charge on any atom is 0.0108 e. The molecule has 0 amide bonds. The summed E-state index contributed by atoms with van der Waals surface area (Å²) in [6.45, 7) is 9.89. The Morgan fingerprint density at radius 3 is 2.78 bits per heavy atom. The van der Waals surface area contributed by atoms with E-state index in [1.54, 1.807) is 0 Å². The lowest BCUT2D eigenvalue weighted by molar-refractivity contribution is 0.176. The molecular weight excluding hydrogens is 242 g/mol. The van der Waals surface area contributed by atoms with E-state index in [1.165, 1.54) is 57.1 Å². The zero-order chi connectivity index (χ0) is 12.8. The maximum atomic E-state index is 3.75. The van der Waals surface area contributed by atoms with Gasteiger partial charge in [0.1, 0.15) is 0 Å². The highest BCUT2D eigenvalue weighted by atomic mass is 32.2. The fraction of sp³-hybridized carbons (Fsp3) is 1.00. The third-order valence-electron chi connectivity index (χ3n) is 4.37. The van der Waals surface area contributed by atoms with Crippen molar-refractivity contribution in [3.05, 3.63) is 0 Å². The van der Waals surface area contributed by atoms with Crippen molar-refractivity contribution in [3.8, 4) is 0 Å². The van der Waals surface area contributed by atoms with Crippen molar-refractivity contribution >= 4 is 11.8 Å². The molecule has 2 unspecified atom stereocenters. The second-order valence-corrected chi connectivity index (χ2v) is 7.09. The van der Waals surface area contributed by atoms with Crippen molar-refractivity contribution in [2.45, 2.75) is 25.8 Å². The first-order valence-corrected chi connectivity index (χ1v) is 8.63. The quantitative estimate of drug-likeness (QED) is 0.813. The number of piperidine rings is 1. The molecule has 0 aliphatic carbocycles. The fourth-order valence-electron chi connectivity index (χ4n) is 3.06. The van der Waals surface area contributed by atoms with Crippen molar-refractivity contribution in [3.63, 3.8) is 0 Å². The highest BCUT2D eigenvalue weighted by Crippen LogP contribution is 2.18. The Labute approximate surface area is 117 Å². The van der Waals surface area contributed by atoms with Gasteiger partial charge in [0.15, 0.2) is 0 Å². The smallest absolute Gasteiger partial charge is 0.0108 e. The molecule has 2 aliphatic rings. The Hall–Kier alpha value is 0.230. The van der Waals surface area contributed by atoms with Gasteiger partial charge in [-0.25, -0.2) is 0 Å². The van der Waals surface area contributed by atoms with Crippen LogP contribution in [0.15, 0.2) is 0 Å². The van der Waals surface area contributed by atoms with E-state index in [0.29, 0.717) is 6.04 Å². The Kier molecular flexibility index (Phi) is 6.29. The highest BCUT2D eigenvalue weighted by molar-refractivity contribution is 7.99. The van der Waals surface area contributed by atoms with Crippen LogP contribution in [0, 0.1) is 5.92 Å². The van der Waals surface area contributed by atoms with Gasteiger partial charge in [-0.05, 0) is 39.3 Å². The van der Waals surface area contributed by atoms with Gasteiger partial charge in [0.2, 0.25) is 0 Å². The first-order valence-electron chi connectivity index (χ1n) is 7.48. The highest BCUT2D eigenvalue weighted by Gasteiger charge is 2.22. The van der Waals surface area contributed by atoms with Gasteiger partial charge in [-0.1, -0.05) is 0 Å². The number of nitrogens with one attached hydrogen (secondary N) is 1. The summed E-state index contributed by atoms with van der Waals surface area (Å²) in [6.07, 6.45) is 2.77. The summed E-state index contributed by atoms with van der Waals surface area (Å²) >= 11 is 2.09. The summed E-state index contributed by atoms with van der Waals surface area (Å²) in [7, 11) is 2.25. The third-order valence-corrected chi connectivity index (χ3v) is 5.31. The Morgan fingerprint density at radius 1 is 1.28 bits per heavy atom. The molecule has 2 aliphatic heterocycles. The minimum atomic E-state index is 0.673. The van der Waals surface area contributed by atoms with Crippen LogP contribution in [0.25, 0.3) is 0 Å². The van der Waals surface area contributed by atoms with E-state index in [4.69, 9.17) is 0 Å². The van der Waals surface area contributed by atoms with Gasteiger partial charge in [0.25, 0.3) is 0 Å². The van der Waals surface area contributed by atoms with Gasteiger partial charge in [0.05, 0.1) is 0 Å². The molecule has 0 aromatic carbocycles. The Balaban J connectivity index is 1.60. The zero-order valence-corrected chi connectivity index (χ0v) is 12.8. The van der Waals surface area contributed by atoms with Crippen molar-refractivity contribution in [1.29, 1.82) is 0 Å². The monoisotopic (exact) mass is 271 g/mol. The molecule has 2 atom stereocenters. The van der Waals surface area contributed by atoms with Gasteiger partial charge in [-0.2, -0.15) is 11.8 Å². The summed E-state index contributed by atoms with van der Waals surface area (Å²) in [5, 5.41) is 3.75. The van der Waals surface area contributed by atoms with Gasteiger partial charge < -0.3 is 15.1 Å². The summed E-state index contributed by atoms with van der Waals surface area (Å²) in [5.74, 6) is 3.49. The molecule has 0 aromatic heterocycles. The predicted octanol–water partition coefficient (Wildman–Crippen LogP) is 1.36. The van der Waals surface area contributed by atoms with Crippen molar-refractivity contribution in [1.82, 2.24) is 15.1 Å². The van der Waals surface area contributed by atoms with Crippen LogP contribution in [-0.4, -0.2) is 73.7 Å². The third kappa shape index (κ3) is 4.72. The van der Waals surface area contributed by atoms with Crippen molar-refractivity contribution < 1.29 is 0 Å². The average Bonchev–Trinajstić information content (AvgIpc) is 2.40. The first kappa shape index (κ1) is 14.6. The standard InChI is InChI=1S/C14H29N3S/c1-13(14-4-3-6-16(2)12-14)15-5-7-17-8-10-18-11-9-17/h13-15H,3-12H2,1-2H3. The molecule has 0 bridgehead atoms. The predicted molar refractivity (Wildman–Crippen MR) is 81.5 cm³/mol. The molecule has 0 spiro atoms. The molecule has 0 radical (unpaired) electrons. The number of thioether (sulfide) groups is 1. The summed E-state index contributed by atoms with van der Waals surface area (Å²) < 4.78 is 0. The lowest BCUT2D eigenvalue weighted by Gasteiger charge is -2.34. The van der Waals surface area contributed by atoms with Crippen LogP contribution in [-0.2, 0) is 0 Å². The van der Waals surface area contributed by atoms with Crippen molar-refractivity contribution in [2.75, 3.05) is 57.8 Å². The number of nitrogens with zero attached hydrogens (tertiary/aromatic N) is 2. The number of hydrogen-bond donors (Lipinski definition) is 1. The van der Waals surface area contributed by atoms with Gasteiger partial charge in [-0.15, -0.1) is 0 Å².